The van der Waals surface area contributed by atoms with E-state index in [-0.39, 0.29) is 16.8 Å². The molecule has 1 fully saturated rings. The summed E-state index contributed by atoms with van der Waals surface area (Å²) in [5.74, 6) is -0.0414. The molecule has 0 unspecified atom stereocenters. The second-order valence-electron chi connectivity index (χ2n) is 6.43. The smallest absolute Gasteiger partial charge is 0.254 e. The first kappa shape index (κ1) is 19.1. The van der Waals surface area contributed by atoms with E-state index in [1.807, 2.05) is 18.2 Å². The summed E-state index contributed by atoms with van der Waals surface area (Å²) in [4.78, 5) is 14.6. The number of rotatable bonds is 4. The van der Waals surface area contributed by atoms with Gasteiger partial charge in [0, 0.05) is 23.6 Å². The zero-order valence-electron chi connectivity index (χ0n) is 14.6. The van der Waals surface area contributed by atoms with Crippen LogP contribution in [0.5, 0.6) is 0 Å². The van der Waals surface area contributed by atoms with Crippen LogP contribution in [-0.4, -0.2) is 48.6 Å². The second-order valence-corrected chi connectivity index (χ2v) is 8.94. The van der Waals surface area contributed by atoms with Crippen LogP contribution in [0.2, 0.25) is 0 Å². The van der Waals surface area contributed by atoms with Gasteiger partial charge in [-0.05, 0) is 54.8 Å². The fourth-order valence-corrected chi connectivity index (χ4v) is 5.35. The average Bonchev–Trinajstić information content (AvgIpc) is 2.94. The molecule has 1 amide bonds. The van der Waals surface area contributed by atoms with E-state index in [9.17, 15) is 13.2 Å². The summed E-state index contributed by atoms with van der Waals surface area (Å²) >= 11 is 3.40. The van der Waals surface area contributed by atoms with Gasteiger partial charge < -0.3 is 4.90 Å². The molecule has 1 aromatic carbocycles. The summed E-state index contributed by atoms with van der Waals surface area (Å²) < 4.78 is 28.8. The number of carbonyl (C=O) groups excluding carboxylic acids is 1. The second kappa shape index (κ2) is 7.50. The lowest BCUT2D eigenvalue weighted by molar-refractivity contribution is 0.0710. The van der Waals surface area contributed by atoms with E-state index in [0.29, 0.717) is 42.9 Å². The van der Waals surface area contributed by atoms with Gasteiger partial charge in [0.25, 0.3) is 5.91 Å². The van der Waals surface area contributed by atoms with Crippen LogP contribution in [0.1, 0.15) is 34.6 Å². The molecular formula is C17H21BrN4O3S. The van der Waals surface area contributed by atoms with Crippen LogP contribution >= 0.6 is 15.9 Å². The van der Waals surface area contributed by atoms with Crippen LogP contribution in [0.4, 0.5) is 0 Å². The Labute approximate surface area is 161 Å². The molecule has 3 rings (SSSR count). The third kappa shape index (κ3) is 3.84. The SMILES string of the molecule is Cc1n[nH]c(C)c1S(=O)(=O)NC1CCN(C(=O)c2ccccc2Br)CC1. The first-order chi connectivity index (χ1) is 12.3. The van der Waals surface area contributed by atoms with E-state index in [4.69, 9.17) is 0 Å². The van der Waals surface area contributed by atoms with Gasteiger partial charge in [-0.1, -0.05) is 12.1 Å². The maximum atomic E-state index is 12.6. The number of benzene rings is 1. The first-order valence-corrected chi connectivity index (χ1v) is 10.6. The van der Waals surface area contributed by atoms with Crippen LogP contribution in [-0.2, 0) is 10.0 Å². The number of halogens is 1. The number of carbonyl (C=O) groups is 1. The number of hydrogen-bond donors (Lipinski definition) is 2. The minimum absolute atomic E-state index is 0.0414. The van der Waals surface area contributed by atoms with Crippen LogP contribution in [0.25, 0.3) is 0 Å². The molecule has 0 spiro atoms. The Bertz CT molecular complexity index is 898. The van der Waals surface area contributed by atoms with Crippen molar-refractivity contribution in [2.75, 3.05) is 13.1 Å². The molecule has 1 aliphatic rings. The predicted molar refractivity (Wildman–Crippen MR) is 101 cm³/mol. The number of nitrogens with zero attached hydrogens (tertiary/aromatic N) is 2. The lowest BCUT2D eigenvalue weighted by Crippen LogP contribution is -2.46. The Morgan fingerprint density at radius 1 is 1.27 bits per heavy atom. The van der Waals surface area contributed by atoms with E-state index in [0.717, 1.165) is 4.47 Å². The van der Waals surface area contributed by atoms with Crippen LogP contribution < -0.4 is 4.72 Å². The molecule has 1 saturated heterocycles. The normalized spacial score (nSPS) is 16.0. The standard InChI is InChI=1S/C17H21BrN4O3S/c1-11-16(12(2)20-19-11)26(24,25)21-13-7-9-22(10-8-13)17(23)14-5-3-4-6-15(14)18/h3-6,13,21H,7-10H2,1-2H3,(H,19,20). The fourth-order valence-electron chi connectivity index (χ4n) is 3.22. The summed E-state index contributed by atoms with van der Waals surface area (Å²) in [5, 5.41) is 6.65. The summed E-state index contributed by atoms with van der Waals surface area (Å²) in [6.45, 7) is 4.37. The molecule has 1 aromatic heterocycles. The molecule has 0 radical (unpaired) electrons. The first-order valence-electron chi connectivity index (χ1n) is 8.37. The lowest BCUT2D eigenvalue weighted by Gasteiger charge is -2.32. The number of aromatic nitrogens is 2. The minimum Gasteiger partial charge on any atom is -0.338 e. The molecule has 7 nitrogen and oxygen atoms in total. The topological polar surface area (TPSA) is 95.2 Å². The van der Waals surface area contributed by atoms with Crippen molar-refractivity contribution >= 4 is 31.9 Å². The maximum Gasteiger partial charge on any atom is 0.254 e. The summed E-state index contributed by atoms with van der Waals surface area (Å²) in [5.41, 5.74) is 1.60. The Morgan fingerprint density at radius 2 is 1.92 bits per heavy atom. The lowest BCUT2D eigenvalue weighted by atomic mass is 10.0. The molecule has 0 bridgehead atoms. The number of likely N-dealkylation sites (tertiary alicyclic amines) is 1. The molecule has 0 saturated carbocycles. The number of hydrogen-bond acceptors (Lipinski definition) is 4. The van der Waals surface area contributed by atoms with Gasteiger partial charge in [-0.2, -0.15) is 5.10 Å². The van der Waals surface area contributed by atoms with Crippen molar-refractivity contribution in [3.05, 3.63) is 45.7 Å². The average molecular weight is 441 g/mol. The van der Waals surface area contributed by atoms with Crippen molar-refractivity contribution in [2.45, 2.75) is 37.6 Å². The Hall–Kier alpha value is -1.71. The summed E-state index contributed by atoms with van der Waals surface area (Å²) in [7, 11) is -3.63. The molecule has 2 heterocycles. The number of aromatic amines is 1. The van der Waals surface area contributed by atoms with Gasteiger partial charge >= 0.3 is 0 Å². The highest BCUT2D eigenvalue weighted by molar-refractivity contribution is 9.10. The van der Waals surface area contributed by atoms with Crippen molar-refractivity contribution in [1.29, 1.82) is 0 Å². The zero-order valence-corrected chi connectivity index (χ0v) is 17.0. The summed E-state index contributed by atoms with van der Waals surface area (Å²) in [6.07, 6.45) is 1.15. The molecule has 2 aromatic rings. The Balaban J connectivity index is 1.64. The highest BCUT2D eigenvalue weighted by Gasteiger charge is 2.29. The molecule has 0 atom stereocenters. The monoisotopic (exact) mass is 440 g/mol. The van der Waals surface area contributed by atoms with Gasteiger partial charge in [0.1, 0.15) is 4.90 Å². The number of H-pyrrole nitrogens is 1. The largest absolute Gasteiger partial charge is 0.338 e. The fraction of sp³-hybridized carbons (Fsp3) is 0.412. The van der Waals surface area contributed by atoms with Crippen molar-refractivity contribution in [1.82, 2.24) is 19.8 Å². The molecule has 140 valence electrons. The predicted octanol–water partition coefficient (Wildman–Crippen LogP) is 2.37. The minimum atomic E-state index is -3.63. The highest BCUT2D eigenvalue weighted by Crippen LogP contribution is 2.22. The zero-order chi connectivity index (χ0) is 18.9. The number of nitrogens with one attached hydrogen (secondary N) is 2. The van der Waals surface area contributed by atoms with Crippen molar-refractivity contribution < 1.29 is 13.2 Å². The maximum absolute atomic E-state index is 12.6. The molecule has 9 heteroatoms. The number of sulfonamides is 1. The van der Waals surface area contributed by atoms with Gasteiger partial charge in [0.15, 0.2) is 0 Å². The molecule has 1 aliphatic heterocycles. The molecular weight excluding hydrogens is 420 g/mol. The number of aryl methyl sites for hydroxylation is 2. The number of piperidine rings is 1. The highest BCUT2D eigenvalue weighted by atomic mass is 79.9. The van der Waals surface area contributed by atoms with Crippen molar-refractivity contribution in [3.63, 3.8) is 0 Å². The summed E-state index contributed by atoms with van der Waals surface area (Å²) in [6, 6.07) is 7.11. The third-order valence-corrected chi connectivity index (χ3v) is 7.01. The van der Waals surface area contributed by atoms with Gasteiger partial charge in [-0.25, -0.2) is 13.1 Å². The third-order valence-electron chi connectivity index (χ3n) is 4.54. The van der Waals surface area contributed by atoms with Gasteiger partial charge in [-0.3, -0.25) is 9.89 Å². The van der Waals surface area contributed by atoms with E-state index in [2.05, 4.69) is 30.8 Å². The van der Waals surface area contributed by atoms with E-state index >= 15 is 0 Å². The van der Waals surface area contributed by atoms with E-state index in [1.165, 1.54) is 0 Å². The Morgan fingerprint density at radius 3 is 2.50 bits per heavy atom. The van der Waals surface area contributed by atoms with Crippen LogP contribution in [0, 0.1) is 13.8 Å². The van der Waals surface area contributed by atoms with Gasteiger partial charge in [0.05, 0.1) is 17.0 Å². The van der Waals surface area contributed by atoms with Crippen LogP contribution in [0.3, 0.4) is 0 Å². The quantitative estimate of drug-likeness (QED) is 0.762. The van der Waals surface area contributed by atoms with Gasteiger partial charge in [-0.15, -0.1) is 0 Å². The Kier molecular flexibility index (Phi) is 5.50. The van der Waals surface area contributed by atoms with Crippen molar-refractivity contribution in [2.24, 2.45) is 0 Å². The van der Waals surface area contributed by atoms with Crippen LogP contribution in [0.15, 0.2) is 33.6 Å². The van der Waals surface area contributed by atoms with Crippen molar-refractivity contribution in [3.8, 4) is 0 Å². The van der Waals surface area contributed by atoms with Gasteiger partial charge in [0.2, 0.25) is 10.0 Å². The van der Waals surface area contributed by atoms with E-state index in [1.54, 1.807) is 24.8 Å². The number of amides is 1. The van der Waals surface area contributed by atoms with E-state index < -0.39 is 10.0 Å². The molecule has 0 aliphatic carbocycles. The molecule has 26 heavy (non-hydrogen) atoms. The molecule has 2 N–H and O–H groups in total.